The van der Waals surface area contributed by atoms with Crippen LogP contribution in [0.25, 0.3) is 11.1 Å². The van der Waals surface area contributed by atoms with Gasteiger partial charge in [-0.1, -0.05) is 104 Å². The summed E-state index contributed by atoms with van der Waals surface area (Å²) in [5.74, 6) is 0.748. The van der Waals surface area contributed by atoms with Crippen LogP contribution in [0.1, 0.15) is 62.7 Å². The molecule has 5 nitrogen and oxygen atoms in total. The van der Waals surface area contributed by atoms with E-state index in [0.29, 0.717) is 22.3 Å². The van der Waals surface area contributed by atoms with Crippen molar-refractivity contribution < 1.29 is 24.1 Å². The lowest BCUT2D eigenvalue weighted by Gasteiger charge is -2.43. The number of carboxylic acid groups (broad SMARTS) is 1. The molecule has 1 aliphatic rings. The van der Waals surface area contributed by atoms with Crippen LogP contribution < -0.4 is 9.47 Å². The molecule has 6 heteroatoms. The SMILES string of the molecule is C=C(C)[C@@H]1C[C@@H](c2ccc(-c3ccccc3)cc2)[C@@H](CCCC)O[C@H]1c1cc(Oc2cccc(Cl)c2)ccc1OCC(=O)O. The van der Waals surface area contributed by atoms with Gasteiger partial charge in [-0.3, -0.25) is 0 Å². The first-order valence-electron chi connectivity index (χ1n) is 15.2. The quantitative estimate of drug-likeness (QED) is 0.162. The van der Waals surface area contributed by atoms with E-state index in [-0.39, 0.29) is 24.0 Å². The van der Waals surface area contributed by atoms with Crippen LogP contribution in [0.3, 0.4) is 0 Å². The van der Waals surface area contributed by atoms with Crippen molar-refractivity contribution in [1.82, 2.24) is 0 Å². The monoisotopic (exact) mass is 610 g/mol. The minimum absolute atomic E-state index is 0.0275. The van der Waals surface area contributed by atoms with Crippen LogP contribution in [0, 0.1) is 5.92 Å². The first-order valence-corrected chi connectivity index (χ1v) is 15.6. The molecular weight excluding hydrogens is 572 g/mol. The highest BCUT2D eigenvalue weighted by molar-refractivity contribution is 6.30. The largest absolute Gasteiger partial charge is 0.482 e. The van der Waals surface area contributed by atoms with Gasteiger partial charge in [0.05, 0.1) is 12.2 Å². The van der Waals surface area contributed by atoms with Crippen molar-refractivity contribution in [1.29, 1.82) is 0 Å². The Morgan fingerprint density at radius 3 is 2.36 bits per heavy atom. The van der Waals surface area contributed by atoms with Gasteiger partial charge in [-0.05, 0) is 72.9 Å². The zero-order valence-electron chi connectivity index (χ0n) is 25.2. The molecule has 1 N–H and O–H groups in total. The predicted molar refractivity (Wildman–Crippen MR) is 176 cm³/mol. The third kappa shape index (κ3) is 7.71. The Morgan fingerprint density at radius 1 is 0.955 bits per heavy atom. The molecule has 0 radical (unpaired) electrons. The Hall–Kier alpha value is -4.06. The number of rotatable bonds is 12. The molecule has 0 amide bonds. The summed E-state index contributed by atoms with van der Waals surface area (Å²) in [5.41, 5.74) is 5.37. The second-order valence-electron chi connectivity index (χ2n) is 11.5. The minimum Gasteiger partial charge on any atom is -0.482 e. The van der Waals surface area contributed by atoms with Crippen LogP contribution >= 0.6 is 11.6 Å². The van der Waals surface area contributed by atoms with E-state index >= 15 is 0 Å². The van der Waals surface area contributed by atoms with E-state index < -0.39 is 12.6 Å². The van der Waals surface area contributed by atoms with Gasteiger partial charge < -0.3 is 19.3 Å². The highest BCUT2D eigenvalue weighted by Crippen LogP contribution is 2.50. The maximum atomic E-state index is 11.4. The summed E-state index contributed by atoms with van der Waals surface area (Å²) >= 11 is 6.19. The van der Waals surface area contributed by atoms with E-state index in [1.165, 1.54) is 16.7 Å². The maximum absolute atomic E-state index is 11.4. The van der Waals surface area contributed by atoms with Gasteiger partial charge in [-0.2, -0.15) is 0 Å². The molecule has 0 unspecified atom stereocenters. The summed E-state index contributed by atoms with van der Waals surface area (Å²) in [6.07, 6.45) is 3.42. The smallest absolute Gasteiger partial charge is 0.341 e. The lowest BCUT2D eigenvalue weighted by molar-refractivity contribution is -0.139. The van der Waals surface area contributed by atoms with Crippen molar-refractivity contribution in [2.24, 2.45) is 5.92 Å². The summed E-state index contributed by atoms with van der Waals surface area (Å²) in [5, 5.41) is 9.95. The summed E-state index contributed by atoms with van der Waals surface area (Å²) in [6.45, 7) is 8.13. The number of aliphatic carboxylic acids is 1. The lowest BCUT2D eigenvalue weighted by Crippen LogP contribution is -2.36. The Labute approximate surface area is 265 Å². The second-order valence-corrected chi connectivity index (χ2v) is 11.9. The van der Waals surface area contributed by atoms with E-state index in [9.17, 15) is 9.90 Å². The fraction of sp³-hybridized carbons (Fsp3) is 0.289. The van der Waals surface area contributed by atoms with Crippen molar-refractivity contribution in [2.75, 3.05) is 6.61 Å². The number of benzene rings is 4. The Bertz CT molecular complexity index is 1570. The van der Waals surface area contributed by atoms with Gasteiger partial charge in [0.15, 0.2) is 6.61 Å². The average Bonchev–Trinajstić information content (AvgIpc) is 3.03. The van der Waals surface area contributed by atoms with Crippen LogP contribution in [0.15, 0.2) is 109 Å². The van der Waals surface area contributed by atoms with Crippen molar-refractivity contribution in [2.45, 2.75) is 57.7 Å². The zero-order chi connectivity index (χ0) is 31.1. The molecule has 4 atom stereocenters. The molecule has 1 saturated heterocycles. The average molecular weight is 611 g/mol. The summed E-state index contributed by atoms with van der Waals surface area (Å²) in [7, 11) is 0. The van der Waals surface area contributed by atoms with Crippen molar-refractivity contribution >= 4 is 17.6 Å². The van der Waals surface area contributed by atoms with Gasteiger partial charge in [0.2, 0.25) is 0 Å². The number of unbranched alkanes of at least 4 members (excludes halogenated alkanes) is 1. The van der Waals surface area contributed by atoms with Gasteiger partial charge in [0.25, 0.3) is 0 Å². The van der Waals surface area contributed by atoms with Gasteiger partial charge in [0.1, 0.15) is 17.2 Å². The van der Waals surface area contributed by atoms with Crippen LogP contribution in [0.5, 0.6) is 17.2 Å². The summed E-state index contributed by atoms with van der Waals surface area (Å²) in [4.78, 5) is 11.4. The highest BCUT2D eigenvalue weighted by atomic mass is 35.5. The van der Waals surface area contributed by atoms with E-state index in [4.69, 9.17) is 25.8 Å². The molecule has 4 aromatic carbocycles. The molecule has 5 rings (SSSR count). The van der Waals surface area contributed by atoms with E-state index in [2.05, 4.69) is 62.0 Å². The fourth-order valence-electron chi connectivity index (χ4n) is 6.01. The predicted octanol–water partition coefficient (Wildman–Crippen LogP) is 10.3. The maximum Gasteiger partial charge on any atom is 0.341 e. The number of halogens is 1. The first kappa shape index (κ1) is 31.4. The van der Waals surface area contributed by atoms with Gasteiger partial charge in [-0.25, -0.2) is 4.79 Å². The van der Waals surface area contributed by atoms with Crippen molar-refractivity contribution in [3.8, 4) is 28.4 Å². The standard InChI is InChI=1S/C38H39ClO5/c1-4-5-14-36-33(28-17-15-27(16-18-28)26-10-7-6-8-11-26)23-32(25(2)3)38(44-36)34-22-31(19-20-35(34)42-24-37(40)41)43-30-13-9-12-29(39)21-30/h6-13,15-22,32-33,36,38H,2,4-5,14,23-24H2,1,3H3,(H,40,41)/t32-,33-,36+,38+/m0/s1. The zero-order valence-corrected chi connectivity index (χ0v) is 26.0. The Kier molecular flexibility index (Phi) is 10.4. The first-order chi connectivity index (χ1) is 21.3. The number of ether oxygens (including phenoxy) is 3. The van der Waals surface area contributed by atoms with Gasteiger partial charge in [0, 0.05) is 22.4 Å². The minimum atomic E-state index is -1.05. The topological polar surface area (TPSA) is 65.0 Å². The molecule has 0 spiro atoms. The lowest BCUT2D eigenvalue weighted by atomic mass is 9.74. The van der Waals surface area contributed by atoms with Crippen molar-refractivity contribution in [3.05, 3.63) is 125 Å². The number of carbonyl (C=O) groups is 1. The van der Waals surface area contributed by atoms with E-state index in [0.717, 1.165) is 36.8 Å². The molecule has 44 heavy (non-hydrogen) atoms. The molecule has 1 fully saturated rings. The summed E-state index contributed by atoms with van der Waals surface area (Å²) in [6, 6.07) is 31.9. The molecule has 1 heterocycles. The van der Waals surface area contributed by atoms with Crippen LogP contribution in [0.4, 0.5) is 0 Å². The van der Waals surface area contributed by atoms with Crippen LogP contribution in [-0.2, 0) is 9.53 Å². The molecule has 1 aliphatic heterocycles. The fourth-order valence-corrected chi connectivity index (χ4v) is 6.19. The number of carboxylic acids is 1. The summed E-state index contributed by atoms with van der Waals surface area (Å²) < 4.78 is 19.0. The third-order valence-corrected chi connectivity index (χ3v) is 8.47. The Balaban J connectivity index is 1.49. The van der Waals surface area contributed by atoms with Crippen molar-refractivity contribution in [3.63, 3.8) is 0 Å². The molecule has 0 saturated carbocycles. The number of hydrogen-bond acceptors (Lipinski definition) is 4. The molecular formula is C38H39ClO5. The van der Waals surface area contributed by atoms with E-state index in [1.54, 1.807) is 24.3 Å². The van der Waals surface area contributed by atoms with E-state index in [1.807, 2.05) is 31.2 Å². The molecule has 0 aromatic heterocycles. The Morgan fingerprint density at radius 2 is 1.68 bits per heavy atom. The second kappa shape index (κ2) is 14.6. The third-order valence-electron chi connectivity index (χ3n) is 8.24. The normalized spacial score (nSPS) is 19.7. The van der Waals surface area contributed by atoms with Crippen LogP contribution in [0.2, 0.25) is 5.02 Å². The molecule has 4 aromatic rings. The molecule has 0 aliphatic carbocycles. The molecule has 0 bridgehead atoms. The van der Waals surface area contributed by atoms with Crippen LogP contribution in [-0.4, -0.2) is 23.8 Å². The molecule has 228 valence electrons. The number of hydrogen-bond donors (Lipinski definition) is 1. The highest BCUT2D eigenvalue weighted by Gasteiger charge is 2.40. The van der Waals surface area contributed by atoms with Gasteiger partial charge in [-0.15, -0.1) is 0 Å². The van der Waals surface area contributed by atoms with Gasteiger partial charge >= 0.3 is 5.97 Å².